The Balaban J connectivity index is 1.59. The van der Waals surface area contributed by atoms with Crippen LogP contribution in [0.3, 0.4) is 0 Å². The maximum Gasteiger partial charge on any atom is 0.290 e. The monoisotopic (exact) mass is 396 g/mol. The molecular weight excluding hydrogens is 376 g/mol. The molecule has 2 aromatic rings. The van der Waals surface area contributed by atoms with E-state index in [1.807, 2.05) is 6.07 Å². The summed E-state index contributed by atoms with van der Waals surface area (Å²) < 4.78 is 0. The van der Waals surface area contributed by atoms with Gasteiger partial charge >= 0.3 is 0 Å². The van der Waals surface area contributed by atoms with Gasteiger partial charge in [0.15, 0.2) is 0 Å². The molecule has 28 heavy (non-hydrogen) atoms. The number of rotatable bonds is 3. The summed E-state index contributed by atoms with van der Waals surface area (Å²) in [5, 5.41) is 1.89. The van der Waals surface area contributed by atoms with Gasteiger partial charge in [-0.2, -0.15) is 0 Å². The highest BCUT2D eigenvalue weighted by Crippen LogP contribution is 2.27. The first-order chi connectivity index (χ1) is 13.6. The number of likely N-dealkylation sites (N-methyl/N-ethyl adjacent to an activating group) is 1. The second-order valence-corrected chi connectivity index (χ2v) is 7.78. The molecule has 2 saturated heterocycles. The third kappa shape index (κ3) is 4.20. The van der Waals surface area contributed by atoms with Gasteiger partial charge in [0.25, 0.3) is 11.1 Å². The summed E-state index contributed by atoms with van der Waals surface area (Å²) in [6, 6.07) is 1.89. The topological polar surface area (TPSA) is 91.3 Å². The second kappa shape index (κ2) is 8.07. The van der Waals surface area contributed by atoms with Crippen LogP contribution < -0.4 is 10.2 Å². The summed E-state index contributed by atoms with van der Waals surface area (Å²) in [7, 11) is 2.13. The lowest BCUT2D eigenvalue weighted by Crippen LogP contribution is -2.29. The Bertz CT molecular complexity index is 948. The number of nitrogens with zero attached hydrogens (tertiary/aromatic N) is 5. The number of carbonyl (C=O) groups excluding carboxylic acids is 2. The first-order valence-corrected chi connectivity index (χ1v) is 9.86. The van der Waals surface area contributed by atoms with Crippen molar-refractivity contribution >= 4 is 34.8 Å². The number of aromatic nitrogens is 3. The van der Waals surface area contributed by atoms with Gasteiger partial charge in [-0.1, -0.05) is 0 Å². The second-order valence-electron chi connectivity index (χ2n) is 6.77. The lowest BCUT2D eigenvalue weighted by molar-refractivity contribution is -0.115. The lowest BCUT2D eigenvalue weighted by atomic mass is 10.1. The molecule has 0 aliphatic carbocycles. The van der Waals surface area contributed by atoms with Crippen LogP contribution in [0.5, 0.6) is 0 Å². The molecule has 0 radical (unpaired) electrons. The van der Waals surface area contributed by atoms with Crippen molar-refractivity contribution in [3.05, 3.63) is 41.3 Å². The fourth-order valence-electron chi connectivity index (χ4n) is 3.17. The van der Waals surface area contributed by atoms with Crippen molar-refractivity contribution < 1.29 is 9.59 Å². The average Bonchev–Trinajstić information content (AvgIpc) is 2.88. The Kier molecular flexibility index (Phi) is 5.36. The number of imide groups is 1. The molecule has 8 nitrogen and oxygen atoms in total. The molecule has 0 bridgehead atoms. The number of nitrogens with one attached hydrogen (secondary N) is 1. The van der Waals surface area contributed by atoms with E-state index in [0.29, 0.717) is 4.91 Å². The lowest BCUT2D eigenvalue weighted by Gasteiger charge is -2.21. The molecule has 4 heterocycles. The average molecular weight is 396 g/mol. The van der Waals surface area contributed by atoms with Crippen molar-refractivity contribution in [1.29, 1.82) is 0 Å². The van der Waals surface area contributed by atoms with Gasteiger partial charge in [0, 0.05) is 37.6 Å². The van der Waals surface area contributed by atoms with Crippen LogP contribution in [0.15, 0.2) is 35.8 Å². The van der Waals surface area contributed by atoms with E-state index in [-0.39, 0.29) is 11.1 Å². The first kappa shape index (κ1) is 18.6. The van der Waals surface area contributed by atoms with Crippen LogP contribution >= 0.6 is 11.8 Å². The predicted octanol–water partition coefficient (Wildman–Crippen LogP) is 2.00. The van der Waals surface area contributed by atoms with Crippen LogP contribution in [0.4, 0.5) is 10.6 Å². The Morgan fingerprint density at radius 2 is 1.93 bits per heavy atom. The molecule has 2 amide bonds. The van der Waals surface area contributed by atoms with Crippen molar-refractivity contribution in [2.45, 2.75) is 6.42 Å². The molecule has 0 spiro atoms. The highest BCUT2D eigenvalue weighted by molar-refractivity contribution is 8.18. The fourth-order valence-corrected chi connectivity index (χ4v) is 3.85. The Hall–Kier alpha value is -2.78. The zero-order valence-electron chi connectivity index (χ0n) is 15.5. The molecular formula is C19H20N6O2S. The van der Waals surface area contributed by atoms with Crippen LogP contribution in [-0.4, -0.2) is 64.2 Å². The molecule has 0 saturated carbocycles. The van der Waals surface area contributed by atoms with Gasteiger partial charge in [-0.3, -0.25) is 24.9 Å². The molecule has 4 rings (SSSR count). The highest BCUT2D eigenvalue weighted by Gasteiger charge is 2.25. The van der Waals surface area contributed by atoms with Gasteiger partial charge < -0.3 is 9.80 Å². The van der Waals surface area contributed by atoms with Gasteiger partial charge in [-0.15, -0.1) is 0 Å². The maximum absolute atomic E-state index is 11.7. The fraction of sp³-hybridized carbons (Fsp3) is 0.316. The van der Waals surface area contributed by atoms with Crippen molar-refractivity contribution in [3.63, 3.8) is 0 Å². The Morgan fingerprint density at radius 3 is 2.75 bits per heavy atom. The number of carbonyl (C=O) groups is 2. The zero-order chi connectivity index (χ0) is 19.5. The number of amides is 2. The van der Waals surface area contributed by atoms with Crippen molar-refractivity contribution in [3.8, 4) is 11.3 Å². The first-order valence-electron chi connectivity index (χ1n) is 9.04. The predicted molar refractivity (Wildman–Crippen MR) is 109 cm³/mol. The van der Waals surface area contributed by atoms with Gasteiger partial charge in [-0.05, 0) is 49.5 Å². The summed E-state index contributed by atoms with van der Waals surface area (Å²) in [5.41, 5.74) is 2.27. The maximum atomic E-state index is 11.7. The van der Waals surface area contributed by atoms with E-state index in [2.05, 4.69) is 32.1 Å². The molecule has 2 aromatic heterocycles. The van der Waals surface area contributed by atoms with Crippen LogP contribution in [0, 0.1) is 0 Å². The van der Waals surface area contributed by atoms with Gasteiger partial charge in [0.2, 0.25) is 0 Å². The molecule has 1 N–H and O–H groups in total. The summed E-state index contributed by atoms with van der Waals surface area (Å²) in [6.45, 7) is 3.94. The van der Waals surface area contributed by atoms with Crippen LogP contribution in [0.2, 0.25) is 0 Å². The smallest absolute Gasteiger partial charge is 0.290 e. The van der Waals surface area contributed by atoms with E-state index in [1.54, 1.807) is 30.9 Å². The number of anilines is 1. The Labute approximate surface area is 167 Å². The summed E-state index contributed by atoms with van der Waals surface area (Å²) in [6.07, 6.45) is 9.62. The quantitative estimate of drug-likeness (QED) is 0.788. The third-order valence-electron chi connectivity index (χ3n) is 4.66. The van der Waals surface area contributed by atoms with E-state index in [1.165, 1.54) is 0 Å². The normalized spacial score (nSPS) is 19.8. The number of hydrogen-bond donors (Lipinski definition) is 1. The van der Waals surface area contributed by atoms with Crippen molar-refractivity contribution in [1.82, 2.24) is 25.2 Å². The molecule has 2 fully saturated rings. The number of thioether (sulfide) groups is 1. The third-order valence-corrected chi connectivity index (χ3v) is 5.47. The van der Waals surface area contributed by atoms with Crippen LogP contribution in [-0.2, 0) is 4.79 Å². The molecule has 0 unspecified atom stereocenters. The van der Waals surface area contributed by atoms with Crippen molar-refractivity contribution in [2.75, 3.05) is 38.1 Å². The van der Waals surface area contributed by atoms with Crippen molar-refractivity contribution in [2.24, 2.45) is 0 Å². The van der Waals surface area contributed by atoms with Crippen LogP contribution in [0.25, 0.3) is 17.3 Å². The molecule has 2 aliphatic heterocycles. The minimum absolute atomic E-state index is 0.359. The van der Waals surface area contributed by atoms with E-state index in [4.69, 9.17) is 4.98 Å². The summed E-state index contributed by atoms with van der Waals surface area (Å²) in [5.74, 6) is 0.473. The molecule has 0 aromatic carbocycles. The van der Waals surface area contributed by atoms with Gasteiger partial charge in [0.1, 0.15) is 5.82 Å². The van der Waals surface area contributed by atoms with E-state index in [9.17, 15) is 9.59 Å². The Morgan fingerprint density at radius 1 is 1.07 bits per heavy atom. The minimum atomic E-state index is -0.381. The molecule has 9 heteroatoms. The van der Waals surface area contributed by atoms with Gasteiger partial charge in [-0.25, -0.2) is 4.98 Å². The standard InChI is InChI=1S/C19H20N6O2S/c1-24-3-2-4-25(6-5-24)17-12-21-11-15(22-17)14-7-13(9-20-10-14)8-16-18(26)23-19(27)28-16/h7-12H,2-6H2,1H3,(H,23,26,27)/b16-8-. The molecule has 144 valence electrons. The minimum Gasteiger partial charge on any atom is -0.354 e. The zero-order valence-corrected chi connectivity index (χ0v) is 16.3. The van der Waals surface area contributed by atoms with E-state index >= 15 is 0 Å². The number of pyridine rings is 1. The van der Waals surface area contributed by atoms with Gasteiger partial charge in [0.05, 0.1) is 23.0 Å². The summed E-state index contributed by atoms with van der Waals surface area (Å²) in [4.78, 5) is 41.4. The molecule has 0 atom stereocenters. The summed E-state index contributed by atoms with van der Waals surface area (Å²) >= 11 is 0.889. The van der Waals surface area contributed by atoms with E-state index < -0.39 is 0 Å². The molecule has 2 aliphatic rings. The SMILES string of the molecule is CN1CCCN(c2cncc(-c3cncc(/C=C4\SC(=O)NC4=O)c3)n2)CC1. The number of hydrogen-bond acceptors (Lipinski definition) is 8. The van der Waals surface area contributed by atoms with E-state index in [0.717, 1.165) is 67.0 Å². The largest absolute Gasteiger partial charge is 0.354 e. The highest BCUT2D eigenvalue weighted by atomic mass is 32.2. The van der Waals surface area contributed by atoms with Crippen LogP contribution in [0.1, 0.15) is 12.0 Å².